The number of fused-ring (bicyclic) bond motifs is 3. The molecular formula is C28H34N2O5. The zero-order chi connectivity index (χ0) is 24.8. The van der Waals surface area contributed by atoms with E-state index in [1.54, 1.807) is 0 Å². The monoisotopic (exact) mass is 478 g/mol. The lowest BCUT2D eigenvalue weighted by molar-refractivity contribution is -0.138. The van der Waals surface area contributed by atoms with Crippen molar-refractivity contribution >= 4 is 18.0 Å². The molecule has 1 saturated carbocycles. The number of carboxylic acid groups (broad SMARTS) is 1. The quantitative estimate of drug-likeness (QED) is 0.410. The predicted molar refractivity (Wildman–Crippen MR) is 133 cm³/mol. The van der Waals surface area contributed by atoms with Gasteiger partial charge in [0.05, 0.1) is 6.42 Å². The summed E-state index contributed by atoms with van der Waals surface area (Å²) >= 11 is 0. The minimum Gasteiger partial charge on any atom is -0.481 e. The zero-order valence-corrected chi connectivity index (χ0v) is 20.2. The van der Waals surface area contributed by atoms with Gasteiger partial charge < -0.3 is 20.5 Å². The summed E-state index contributed by atoms with van der Waals surface area (Å²) in [6, 6.07) is 16.0. The maximum Gasteiger partial charge on any atom is 0.407 e. The number of aliphatic carboxylic acids is 1. The molecule has 0 bridgehead atoms. The largest absolute Gasteiger partial charge is 0.481 e. The van der Waals surface area contributed by atoms with Crippen LogP contribution in [-0.4, -0.2) is 42.3 Å². The highest BCUT2D eigenvalue weighted by molar-refractivity contribution is 5.79. The van der Waals surface area contributed by atoms with E-state index in [2.05, 4.69) is 34.9 Å². The first-order valence-corrected chi connectivity index (χ1v) is 12.6. The van der Waals surface area contributed by atoms with Crippen LogP contribution in [0.4, 0.5) is 4.79 Å². The second kappa shape index (κ2) is 11.4. The fourth-order valence-corrected chi connectivity index (χ4v) is 5.12. The molecule has 2 atom stereocenters. The Kier molecular flexibility index (Phi) is 8.06. The molecule has 1 fully saturated rings. The number of ether oxygens (including phenoxy) is 1. The lowest BCUT2D eigenvalue weighted by Gasteiger charge is -2.20. The van der Waals surface area contributed by atoms with Crippen LogP contribution in [0, 0.1) is 11.8 Å². The van der Waals surface area contributed by atoms with Gasteiger partial charge in [-0.25, -0.2) is 4.79 Å². The first-order chi connectivity index (χ1) is 17.0. The summed E-state index contributed by atoms with van der Waals surface area (Å²) < 4.78 is 5.63. The second-order valence-corrected chi connectivity index (χ2v) is 9.66. The van der Waals surface area contributed by atoms with E-state index in [-0.39, 0.29) is 43.2 Å². The fourth-order valence-electron chi connectivity index (χ4n) is 5.12. The summed E-state index contributed by atoms with van der Waals surface area (Å²) in [6.45, 7) is 2.59. The van der Waals surface area contributed by atoms with E-state index in [0.717, 1.165) is 30.4 Å². The maximum absolute atomic E-state index is 12.6. The number of carbonyl (C=O) groups is 3. The van der Waals surface area contributed by atoms with Gasteiger partial charge in [-0.05, 0) is 53.4 Å². The molecule has 2 aromatic rings. The van der Waals surface area contributed by atoms with E-state index < -0.39 is 12.1 Å². The Bertz CT molecular complexity index is 1020. The number of carboxylic acids is 1. The van der Waals surface area contributed by atoms with Crippen LogP contribution in [-0.2, 0) is 14.3 Å². The lowest BCUT2D eigenvalue weighted by Crippen LogP contribution is -2.41. The minimum absolute atomic E-state index is 0.0188. The van der Waals surface area contributed by atoms with Crippen molar-refractivity contribution in [3.05, 3.63) is 59.7 Å². The summed E-state index contributed by atoms with van der Waals surface area (Å²) in [5.41, 5.74) is 4.64. The summed E-state index contributed by atoms with van der Waals surface area (Å²) in [4.78, 5) is 36.3. The highest BCUT2D eigenvalue weighted by Gasteiger charge is 2.33. The van der Waals surface area contributed by atoms with Crippen LogP contribution in [0.5, 0.6) is 0 Å². The Labute approximate surface area is 206 Å². The van der Waals surface area contributed by atoms with E-state index in [1.165, 1.54) is 11.1 Å². The fraction of sp³-hybridized carbons (Fsp3) is 0.464. The molecule has 0 aliphatic heterocycles. The van der Waals surface area contributed by atoms with Gasteiger partial charge in [0.2, 0.25) is 5.91 Å². The number of benzene rings is 2. The molecule has 2 aliphatic carbocycles. The van der Waals surface area contributed by atoms with Crippen molar-refractivity contribution in [2.45, 2.75) is 57.4 Å². The van der Waals surface area contributed by atoms with Crippen LogP contribution >= 0.6 is 0 Å². The topological polar surface area (TPSA) is 105 Å². The van der Waals surface area contributed by atoms with Crippen molar-refractivity contribution in [3.63, 3.8) is 0 Å². The third-order valence-electron chi connectivity index (χ3n) is 7.02. The normalized spacial score (nSPS) is 16.0. The van der Waals surface area contributed by atoms with Gasteiger partial charge in [0.1, 0.15) is 6.61 Å². The SMILES string of the molecule is CCC[C@H](CC(=O)NCC(CC(=O)O)C1CC1)NC(=O)OCC1c2ccccc2-c2ccccc21. The number of carbonyl (C=O) groups excluding carboxylic acids is 2. The van der Waals surface area contributed by atoms with E-state index in [9.17, 15) is 14.4 Å². The summed E-state index contributed by atoms with van der Waals surface area (Å²) in [6.07, 6.45) is 3.19. The Hall–Kier alpha value is -3.35. The average Bonchev–Trinajstić information content (AvgIpc) is 3.63. The summed E-state index contributed by atoms with van der Waals surface area (Å²) in [7, 11) is 0. The van der Waals surface area contributed by atoms with Crippen LogP contribution in [0.15, 0.2) is 48.5 Å². The van der Waals surface area contributed by atoms with E-state index in [0.29, 0.717) is 18.9 Å². The molecule has 0 saturated heterocycles. The molecule has 2 aromatic carbocycles. The van der Waals surface area contributed by atoms with Crippen molar-refractivity contribution in [1.82, 2.24) is 10.6 Å². The minimum atomic E-state index is -0.836. The highest BCUT2D eigenvalue weighted by Crippen LogP contribution is 2.44. The van der Waals surface area contributed by atoms with E-state index in [1.807, 2.05) is 31.2 Å². The number of hydrogen-bond acceptors (Lipinski definition) is 4. The Morgan fingerprint density at radius 2 is 1.63 bits per heavy atom. The lowest BCUT2D eigenvalue weighted by atomic mass is 9.98. The zero-order valence-electron chi connectivity index (χ0n) is 20.2. The average molecular weight is 479 g/mol. The Balaban J connectivity index is 1.29. The van der Waals surface area contributed by atoms with Crippen LogP contribution in [0.25, 0.3) is 11.1 Å². The molecule has 2 amide bonds. The van der Waals surface area contributed by atoms with Gasteiger partial charge in [0, 0.05) is 24.9 Å². The van der Waals surface area contributed by atoms with Crippen LogP contribution < -0.4 is 10.6 Å². The number of hydrogen-bond donors (Lipinski definition) is 3. The van der Waals surface area contributed by atoms with Crippen molar-refractivity contribution in [2.75, 3.05) is 13.2 Å². The molecule has 7 nitrogen and oxygen atoms in total. The van der Waals surface area contributed by atoms with Crippen molar-refractivity contribution < 1.29 is 24.2 Å². The molecule has 7 heteroatoms. The van der Waals surface area contributed by atoms with Gasteiger partial charge in [-0.2, -0.15) is 0 Å². The van der Waals surface area contributed by atoms with Gasteiger partial charge in [0.25, 0.3) is 0 Å². The molecule has 2 aliphatic rings. The number of amides is 2. The first-order valence-electron chi connectivity index (χ1n) is 12.6. The second-order valence-electron chi connectivity index (χ2n) is 9.66. The summed E-state index contributed by atoms with van der Waals surface area (Å²) in [5.74, 6) is -0.682. The number of rotatable bonds is 12. The molecule has 0 radical (unpaired) electrons. The van der Waals surface area contributed by atoms with Gasteiger partial charge in [-0.3, -0.25) is 9.59 Å². The third kappa shape index (κ3) is 6.41. The molecule has 4 rings (SSSR count). The van der Waals surface area contributed by atoms with E-state index >= 15 is 0 Å². The number of nitrogens with one attached hydrogen (secondary N) is 2. The van der Waals surface area contributed by atoms with Gasteiger partial charge in [-0.1, -0.05) is 61.9 Å². The summed E-state index contributed by atoms with van der Waals surface area (Å²) in [5, 5.41) is 14.8. The van der Waals surface area contributed by atoms with Gasteiger partial charge in [-0.15, -0.1) is 0 Å². The van der Waals surface area contributed by atoms with Crippen molar-refractivity contribution in [2.24, 2.45) is 11.8 Å². The Morgan fingerprint density at radius 3 is 2.20 bits per heavy atom. The van der Waals surface area contributed by atoms with Crippen molar-refractivity contribution in [1.29, 1.82) is 0 Å². The third-order valence-corrected chi connectivity index (χ3v) is 7.02. The molecule has 35 heavy (non-hydrogen) atoms. The van der Waals surface area contributed by atoms with Crippen LogP contribution in [0.1, 0.15) is 62.5 Å². The molecule has 186 valence electrons. The van der Waals surface area contributed by atoms with Crippen LogP contribution in [0.3, 0.4) is 0 Å². The molecular weight excluding hydrogens is 444 g/mol. The Morgan fingerprint density at radius 1 is 1.00 bits per heavy atom. The molecule has 3 N–H and O–H groups in total. The number of alkyl carbamates (subject to hydrolysis) is 1. The maximum atomic E-state index is 12.6. The van der Waals surface area contributed by atoms with Gasteiger partial charge in [0.15, 0.2) is 0 Å². The molecule has 0 heterocycles. The highest BCUT2D eigenvalue weighted by atomic mass is 16.5. The predicted octanol–water partition coefficient (Wildman–Crippen LogP) is 4.70. The van der Waals surface area contributed by atoms with Crippen molar-refractivity contribution in [3.8, 4) is 11.1 Å². The first kappa shape index (κ1) is 24.8. The standard InChI is InChI=1S/C28H34N2O5/c1-2-7-20(15-26(31)29-16-19(14-27(32)33)18-12-13-18)30-28(34)35-17-25-23-10-5-3-8-21(23)22-9-4-6-11-24(22)25/h3-6,8-11,18-20,25H,2,7,12-17H2,1H3,(H,29,31)(H,30,34)(H,32,33)/t19?,20-/m1/s1. The van der Waals surface area contributed by atoms with Gasteiger partial charge >= 0.3 is 12.1 Å². The molecule has 0 spiro atoms. The van der Waals surface area contributed by atoms with Crippen LogP contribution in [0.2, 0.25) is 0 Å². The molecule has 1 unspecified atom stereocenters. The smallest absolute Gasteiger partial charge is 0.407 e. The van der Waals surface area contributed by atoms with E-state index in [4.69, 9.17) is 9.84 Å². The molecule has 0 aromatic heterocycles.